The average Bonchev–Trinajstić information content (AvgIpc) is 2.98. The fraction of sp³-hybridized carbons (Fsp3) is 0.267. The Morgan fingerprint density at radius 2 is 2.04 bits per heavy atom. The van der Waals surface area contributed by atoms with Gasteiger partial charge in [-0.3, -0.25) is 9.10 Å². The molecule has 8 heteroatoms. The van der Waals surface area contributed by atoms with Crippen molar-refractivity contribution in [2.75, 3.05) is 17.9 Å². The highest BCUT2D eigenvalue weighted by molar-refractivity contribution is 7.92. The van der Waals surface area contributed by atoms with Crippen molar-refractivity contribution in [3.63, 3.8) is 0 Å². The molecular formula is C15H17ClN2O3S2. The highest BCUT2D eigenvalue weighted by atomic mass is 35.5. The number of anilines is 1. The maximum absolute atomic E-state index is 12.8. The Labute approximate surface area is 144 Å². The molecule has 0 saturated heterocycles. The van der Waals surface area contributed by atoms with Gasteiger partial charge in [0.05, 0.1) is 10.6 Å². The Balaban J connectivity index is 2.43. The molecule has 0 spiro atoms. The number of thiophene rings is 1. The molecule has 1 heterocycles. The first-order valence-electron chi connectivity index (χ1n) is 6.89. The third-order valence-corrected chi connectivity index (χ3v) is 6.41. The first-order chi connectivity index (χ1) is 10.8. The van der Waals surface area contributed by atoms with Crippen LogP contribution in [-0.2, 0) is 10.0 Å². The third kappa shape index (κ3) is 3.52. The number of hydrogen-bond donors (Lipinski definition) is 1. The van der Waals surface area contributed by atoms with Crippen LogP contribution in [0.3, 0.4) is 0 Å². The second-order valence-corrected chi connectivity index (χ2v) is 8.17. The predicted molar refractivity (Wildman–Crippen MR) is 94.1 cm³/mol. The molecule has 0 saturated carbocycles. The van der Waals surface area contributed by atoms with E-state index in [1.165, 1.54) is 30.5 Å². The van der Waals surface area contributed by atoms with E-state index in [1.807, 2.05) is 0 Å². The minimum Gasteiger partial charge on any atom is -0.352 e. The molecule has 2 aromatic rings. The van der Waals surface area contributed by atoms with Gasteiger partial charge in [0.1, 0.15) is 4.88 Å². The molecule has 23 heavy (non-hydrogen) atoms. The van der Waals surface area contributed by atoms with Gasteiger partial charge in [-0.05, 0) is 43.0 Å². The van der Waals surface area contributed by atoms with Gasteiger partial charge in [0.25, 0.3) is 15.9 Å². The lowest BCUT2D eigenvalue weighted by Crippen LogP contribution is -2.29. The summed E-state index contributed by atoms with van der Waals surface area (Å²) in [4.78, 5) is 12.5. The second kappa shape index (κ2) is 6.90. The van der Waals surface area contributed by atoms with Crippen LogP contribution in [0.15, 0.2) is 34.5 Å². The lowest BCUT2D eigenvalue weighted by atomic mass is 10.2. The number of nitrogens with one attached hydrogen (secondary N) is 1. The Hall–Kier alpha value is -1.57. The van der Waals surface area contributed by atoms with Crippen molar-refractivity contribution in [3.05, 3.63) is 45.1 Å². The second-order valence-electron chi connectivity index (χ2n) is 4.88. The summed E-state index contributed by atoms with van der Waals surface area (Å²) in [6.07, 6.45) is 0. The molecule has 0 atom stereocenters. The average molecular weight is 373 g/mol. The highest BCUT2D eigenvalue weighted by Gasteiger charge is 2.26. The van der Waals surface area contributed by atoms with Gasteiger partial charge in [-0.1, -0.05) is 17.7 Å². The van der Waals surface area contributed by atoms with Crippen molar-refractivity contribution < 1.29 is 13.2 Å². The standard InChI is InChI=1S/C15H17ClN2O3S2/c1-4-17-15(19)14-13(7-8-22-14)18(3)23(20,21)11-6-5-10(2)12(16)9-11/h5-9H,4H2,1-3H3,(H,17,19). The van der Waals surface area contributed by atoms with Crippen molar-refractivity contribution in [1.82, 2.24) is 5.32 Å². The maximum Gasteiger partial charge on any atom is 0.264 e. The van der Waals surface area contributed by atoms with Crippen molar-refractivity contribution in [2.45, 2.75) is 18.7 Å². The number of hydrogen-bond acceptors (Lipinski definition) is 4. The molecule has 0 aliphatic heterocycles. The number of halogens is 1. The number of carbonyl (C=O) groups is 1. The number of sulfonamides is 1. The molecule has 0 aliphatic rings. The lowest BCUT2D eigenvalue weighted by Gasteiger charge is -2.20. The third-order valence-electron chi connectivity index (χ3n) is 3.33. The summed E-state index contributed by atoms with van der Waals surface area (Å²) in [6.45, 7) is 4.08. The number of carbonyl (C=O) groups excluding carboxylic acids is 1. The first kappa shape index (κ1) is 17.8. The molecule has 0 unspecified atom stereocenters. The minimum atomic E-state index is -3.80. The molecule has 5 nitrogen and oxygen atoms in total. The highest BCUT2D eigenvalue weighted by Crippen LogP contribution is 2.31. The van der Waals surface area contributed by atoms with Crippen LogP contribution in [0.5, 0.6) is 0 Å². The van der Waals surface area contributed by atoms with Gasteiger partial charge in [-0.2, -0.15) is 0 Å². The summed E-state index contributed by atoms with van der Waals surface area (Å²) >= 11 is 7.23. The Morgan fingerprint density at radius 3 is 2.65 bits per heavy atom. The molecule has 0 bridgehead atoms. The predicted octanol–water partition coefficient (Wildman–Crippen LogP) is 3.28. The number of benzene rings is 1. The molecule has 1 amide bonds. The van der Waals surface area contributed by atoms with Gasteiger partial charge < -0.3 is 5.32 Å². The van der Waals surface area contributed by atoms with E-state index in [2.05, 4.69) is 5.32 Å². The Bertz CT molecular complexity index is 831. The normalized spacial score (nSPS) is 11.3. The SMILES string of the molecule is CCNC(=O)c1sccc1N(C)S(=O)(=O)c1ccc(C)c(Cl)c1. The van der Waals surface area contributed by atoms with Gasteiger partial charge in [0, 0.05) is 18.6 Å². The van der Waals surface area contributed by atoms with Crippen molar-refractivity contribution in [3.8, 4) is 0 Å². The van der Waals surface area contributed by atoms with E-state index in [1.54, 1.807) is 31.4 Å². The van der Waals surface area contributed by atoms with E-state index in [0.717, 1.165) is 9.87 Å². The summed E-state index contributed by atoms with van der Waals surface area (Å²) < 4.78 is 26.6. The summed E-state index contributed by atoms with van der Waals surface area (Å²) in [7, 11) is -2.37. The van der Waals surface area contributed by atoms with Gasteiger partial charge in [0.15, 0.2) is 0 Å². The summed E-state index contributed by atoms with van der Waals surface area (Å²) in [5.74, 6) is -0.290. The van der Waals surface area contributed by atoms with Gasteiger partial charge in [-0.15, -0.1) is 11.3 Å². The van der Waals surface area contributed by atoms with Crippen LogP contribution in [-0.4, -0.2) is 27.9 Å². The van der Waals surface area contributed by atoms with Gasteiger partial charge in [0.2, 0.25) is 0 Å². The minimum absolute atomic E-state index is 0.0867. The number of rotatable bonds is 5. The summed E-state index contributed by atoms with van der Waals surface area (Å²) in [5.41, 5.74) is 1.14. The zero-order valence-corrected chi connectivity index (χ0v) is 15.3. The molecule has 1 N–H and O–H groups in total. The topological polar surface area (TPSA) is 66.5 Å². The smallest absolute Gasteiger partial charge is 0.264 e. The van der Waals surface area contributed by atoms with Crippen LogP contribution in [0.2, 0.25) is 5.02 Å². The fourth-order valence-corrected chi connectivity index (χ4v) is 4.36. The molecule has 1 aromatic heterocycles. The van der Waals surface area contributed by atoms with Crippen LogP contribution in [0.1, 0.15) is 22.2 Å². The summed E-state index contributed by atoms with van der Waals surface area (Å²) in [5, 5.41) is 4.75. The van der Waals surface area contributed by atoms with E-state index in [4.69, 9.17) is 11.6 Å². The molecule has 0 aliphatic carbocycles. The Morgan fingerprint density at radius 1 is 1.35 bits per heavy atom. The fourth-order valence-electron chi connectivity index (χ4n) is 1.98. The molecule has 1 aromatic carbocycles. The quantitative estimate of drug-likeness (QED) is 0.875. The lowest BCUT2D eigenvalue weighted by molar-refractivity contribution is 0.0960. The molecule has 2 rings (SSSR count). The molecule has 0 fully saturated rings. The zero-order valence-electron chi connectivity index (χ0n) is 13.0. The van der Waals surface area contributed by atoms with E-state index < -0.39 is 10.0 Å². The van der Waals surface area contributed by atoms with Crippen molar-refractivity contribution in [1.29, 1.82) is 0 Å². The van der Waals surface area contributed by atoms with E-state index in [9.17, 15) is 13.2 Å². The van der Waals surface area contributed by atoms with E-state index in [0.29, 0.717) is 22.1 Å². The van der Waals surface area contributed by atoms with Crippen LogP contribution >= 0.6 is 22.9 Å². The Kier molecular flexibility index (Phi) is 5.33. The van der Waals surface area contributed by atoms with Crippen molar-refractivity contribution in [2.24, 2.45) is 0 Å². The van der Waals surface area contributed by atoms with Crippen LogP contribution in [0.25, 0.3) is 0 Å². The summed E-state index contributed by atoms with van der Waals surface area (Å²) in [6, 6.07) is 6.19. The van der Waals surface area contributed by atoms with Crippen LogP contribution in [0.4, 0.5) is 5.69 Å². The van der Waals surface area contributed by atoms with E-state index in [-0.39, 0.29) is 10.8 Å². The number of amides is 1. The molecule has 0 radical (unpaired) electrons. The van der Waals surface area contributed by atoms with Crippen molar-refractivity contribution >= 4 is 44.6 Å². The van der Waals surface area contributed by atoms with Crippen LogP contribution in [0, 0.1) is 6.92 Å². The van der Waals surface area contributed by atoms with E-state index >= 15 is 0 Å². The van der Waals surface area contributed by atoms with Gasteiger partial charge in [-0.25, -0.2) is 8.42 Å². The zero-order chi connectivity index (χ0) is 17.2. The van der Waals surface area contributed by atoms with Crippen LogP contribution < -0.4 is 9.62 Å². The molecular weight excluding hydrogens is 356 g/mol. The monoisotopic (exact) mass is 372 g/mol. The number of aryl methyl sites for hydroxylation is 1. The van der Waals surface area contributed by atoms with Gasteiger partial charge >= 0.3 is 0 Å². The largest absolute Gasteiger partial charge is 0.352 e. The maximum atomic E-state index is 12.8. The molecule has 124 valence electrons. The first-order valence-corrected chi connectivity index (χ1v) is 9.59. The number of nitrogens with zero attached hydrogens (tertiary/aromatic N) is 1.